The van der Waals surface area contributed by atoms with Gasteiger partial charge in [-0.25, -0.2) is 13.8 Å². The third-order valence-electron chi connectivity index (χ3n) is 4.56. The second-order valence-electron chi connectivity index (χ2n) is 6.39. The van der Waals surface area contributed by atoms with E-state index in [1.165, 1.54) is 25.6 Å². The first-order chi connectivity index (χ1) is 14.1. The second kappa shape index (κ2) is 10.0. The molecule has 0 N–H and O–H groups in total. The van der Waals surface area contributed by atoms with E-state index in [1.54, 1.807) is 6.07 Å². The predicted molar refractivity (Wildman–Crippen MR) is 103 cm³/mol. The fourth-order valence-electron chi connectivity index (χ4n) is 3.00. The van der Waals surface area contributed by atoms with E-state index in [9.17, 15) is 13.6 Å². The molecule has 3 rings (SSSR count). The van der Waals surface area contributed by atoms with Crippen LogP contribution >= 0.6 is 0 Å². The molecular formula is C21H21F2N3O3. The van der Waals surface area contributed by atoms with Crippen LogP contribution < -0.4 is 4.74 Å². The Balaban J connectivity index is 1.85. The van der Waals surface area contributed by atoms with Crippen LogP contribution in [0.5, 0.6) is 5.75 Å². The van der Waals surface area contributed by atoms with Gasteiger partial charge in [-0.1, -0.05) is 5.92 Å². The van der Waals surface area contributed by atoms with E-state index < -0.39 is 12.1 Å². The number of nitrogens with zero attached hydrogens (tertiary/aromatic N) is 3. The number of methoxy groups -OCH3 is 1. The fourth-order valence-corrected chi connectivity index (χ4v) is 3.00. The van der Waals surface area contributed by atoms with Crippen molar-refractivity contribution in [2.24, 2.45) is 0 Å². The zero-order valence-corrected chi connectivity index (χ0v) is 16.0. The summed E-state index contributed by atoms with van der Waals surface area (Å²) in [5, 5.41) is 0. The van der Waals surface area contributed by atoms with Crippen LogP contribution in [0.4, 0.5) is 8.78 Å². The third-order valence-corrected chi connectivity index (χ3v) is 4.56. The molecule has 0 unspecified atom stereocenters. The van der Waals surface area contributed by atoms with Crippen molar-refractivity contribution < 1.29 is 23.0 Å². The van der Waals surface area contributed by atoms with E-state index in [-0.39, 0.29) is 11.3 Å². The number of carbonyl (C=O) groups excluding carboxylic acids is 1. The van der Waals surface area contributed by atoms with E-state index in [4.69, 9.17) is 9.47 Å². The lowest BCUT2D eigenvalue weighted by molar-refractivity contribution is 0.0390. The third kappa shape index (κ3) is 5.34. The molecule has 1 aliphatic rings. The van der Waals surface area contributed by atoms with Gasteiger partial charge in [0.2, 0.25) is 0 Å². The minimum absolute atomic E-state index is 0.258. The zero-order valence-electron chi connectivity index (χ0n) is 16.0. The molecule has 0 amide bonds. The molecule has 0 spiro atoms. The molecule has 0 aromatic carbocycles. The van der Waals surface area contributed by atoms with Crippen molar-refractivity contribution in [1.29, 1.82) is 0 Å². The lowest BCUT2D eigenvalue weighted by Gasteiger charge is -2.25. The predicted octanol–water partition coefficient (Wildman–Crippen LogP) is 2.98. The molecule has 3 heterocycles. The number of aromatic nitrogens is 2. The molecule has 0 atom stereocenters. The molecule has 1 saturated heterocycles. The summed E-state index contributed by atoms with van der Waals surface area (Å²) in [5.74, 6) is 6.34. The molecular weight excluding hydrogens is 380 g/mol. The van der Waals surface area contributed by atoms with Crippen molar-refractivity contribution in [3.8, 4) is 28.7 Å². The molecule has 8 heteroatoms. The van der Waals surface area contributed by atoms with Gasteiger partial charge in [0.1, 0.15) is 17.1 Å². The average molecular weight is 401 g/mol. The quantitative estimate of drug-likeness (QED) is 0.548. The van der Waals surface area contributed by atoms with Gasteiger partial charge in [-0.2, -0.15) is 0 Å². The van der Waals surface area contributed by atoms with Gasteiger partial charge in [0.15, 0.2) is 6.29 Å². The Bertz CT molecular complexity index is 919. The van der Waals surface area contributed by atoms with Gasteiger partial charge in [0.25, 0.3) is 6.43 Å². The maximum Gasteiger partial charge on any atom is 0.280 e. The molecule has 1 aliphatic heterocycles. The lowest BCUT2D eigenvalue weighted by atomic mass is 10.0. The molecule has 1 fully saturated rings. The Hall–Kier alpha value is -2.89. The summed E-state index contributed by atoms with van der Waals surface area (Å²) in [4.78, 5) is 21.6. The molecule has 0 bridgehead atoms. The van der Waals surface area contributed by atoms with Crippen molar-refractivity contribution in [2.75, 3.05) is 40.0 Å². The van der Waals surface area contributed by atoms with Gasteiger partial charge in [0, 0.05) is 48.9 Å². The molecule has 0 radical (unpaired) electrons. The first-order valence-corrected chi connectivity index (χ1v) is 9.19. The highest BCUT2D eigenvalue weighted by Crippen LogP contribution is 2.34. The summed E-state index contributed by atoms with van der Waals surface area (Å²) >= 11 is 0. The number of carbonyl (C=O) groups is 1. The summed E-state index contributed by atoms with van der Waals surface area (Å²) in [6.07, 6.45) is 1.16. The van der Waals surface area contributed by atoms with E-state index in [1.807, 2.05) is 0 Å². The van der Waals surface area contributed by atoms with Crippen LogP contribution in [-0.2, 0) is 4.74 Å². The van der Waals surface area contributed by atoms with E-state index in [0.717, 1.165) is 32.8 Å². The number of hydrogen-bond donors (Lipinski definition) is 0. The Morgan fingerprint density at radius 1 is 1.24 bits per heavy atom. The van der Waals surface area contributed by atoms with Crippen LogP contribution in [0.25, 0.3) is 11.1 Å². The Morgan fingerprint density at radius 2 is 2.03 bits per heavy atom. The molecule has 0 saturated carbocycles. The van der Waals surface area contributed by atoms with Crippen molar-refractivity contribution in [1.82, 2.24) is 14.9 Å². The van der Waals surface area contributed by atoms with Gasteiger partial charge in [-0.15, -0.1) is 0 Å². The van der Waals surface area contributed by atoms with Crippen LogP contribution in [0.15, 0.2) is 24.5 Å². The first kappa shape index (κ1) is 20.8. The number of morpholine rings is 1. The summed E-state index contributed by atoms with van der Waals surface area (Å²) in [5.41, 5.74) is 1.08. The van der Waals surface area contributed by atoms with Crippen LogP contribution in [0, 0.1) is 11.8 Å². The number of pyridine rings is 2. The van der Waals surface area contributed by atoms with Crippen LogP contribution in [-0.4, -0.2) is 61.1 Å². The van der Waals surface area contributed by atoms with Crippen LogP contribution in [0.3, 0.4) is 0 Å². The topological polar surface area (TPSA) is 64.6 Å². The molecule has 2 aromatic heterocycles. The molecule has 6 nitrogen and oxygen atoms in total. The lowest BCUT2D eigenvalue weighted by Crippen LogP contribution is -2.36. The van der Waals surface area contributed by atoms with Gasteiger partial charge in [0.05, 0.1) is 26.5 Å². The first-order valence-electron chi connectivity index (χ1n) is 9.19. The van der Waals surface area contributed by atoms with Gasteiger partial charge in [-0.3, -0.25) is 14.7 Å². The van der Waals surface area contributed by atoms with Gasteiger partial charge >= 0.3 is 0 Å². The summed E-state index contributed by atoms with van der Waals surface area (Å²) in [6, 6.07) is 2.83. The second-order valence-corrected chi connectivity index (χ2v) is 6.39. The minimum atomic E-state index is -2.74. The highest BCUT2D eigenvalue weighted by molar-refractivity contribution is 5.89. The van der Waals surface area contributed by atoms with Gasteiger partial charge in [-0.05, 0) is 18.1 Å². The van der Waals surface area contributed by atoms with E-state index in [0.29, 0.717) is 29.5 Å². The SMILES string of the molecule is COc1cnc(C(F)F)cc1-c1cc(C#CCCN2CCOCC2)ncc1C=O. The maximum atomic E-state index is 13.1. The van der Waals surface area contributed by atoms with Crippen molar-refractivity contribution in [2.45, 2.75) is 12.8 Å². The molecule has 0 aliphatic carbocycles. The molecule has 2 aromatic rings. The van der Waals surface area contributed by atoms with Crippen LogP contribution in [0.1, 0.15) is 34.6 Å². The molecule has 152 valence electrons. The standard InChI is InChI=1S/C21H21F2N3O3/c1-28-20-13-25-19(21(22)23)11-18(20)17-10-16(24-12-15(17)14-27)4-2-3-5-26-6-8-29-9-7-26/h10-14,21H,3,5-9H2,1H3. The normalized spacial score (nSPS) is 14.3. The van der Waals surface area contributed by atoms with E-state index >= 15 is 0 Å². The Labute approximate surface area is 167 Å². The largest absolute Gasteiger partial charge is 0.494 e. The zero-order chi connectivity index (χ0) is 20.6. The minimum Gasteiger partial charge on any atom is -0.494 e. The Morgan fingerprint density at radius 3 is 2.72 bits per heavy atom. The highest BCUT2D eigenvalue weighted by Gasteiger charge is 2.17. The number of alkyl halides is 2. The van der Waals surface area contributed by atoms with Crippen LogP contribution in [0.2, 0.25) is 0 Å². The number of halogens is 2. The average Bonchev–Trinajstić information content (AvgIpc) is 2.76. The monoisotopic (exact) mass is 401 g/mol. The maximum absolute atomic E-state index is 13.1. The summed E-state index contributed by atoms with van der Waals surface area (Å²) in [7, 11) is 1.41. The van der Waals surface area contributed by atoms with Crippen molar-refractivity contribution >= 4 is 6.29 Å². The van der Waals surface area contributed by atoms with Gasteiger partial charge < -0.3 is 9.47 Å². The number of aldehydes is 1. The number of rotatable bonds is 6. The Kier molecular flexibility index (Phi) is 7.22. The fraction of sp³-hybridized carbons (Fsp3) is 0.381. The van der Waals surface area contributed by atoms with Crippen molar-refractivity contribution in [3.63, 3.8) is 0 Å². The van der Waals surface area contributed by atoms with E-state index in [2.05, 4.69) is 26.7 Å². The summed E-state index contributed by atoms with van der Waals surface area (Å²) < 4.78 is 36.8. The summed E-state index contributed by atoms with van der Waals surface area (Å²) in [6.45, 7) is 4.10. The highest BCUT2D eigenvalue weighted by atomic mass is 19.3. The number of ether oxygens (including phenoxy) is 2. The smallest absolute Gasteiger partial charge is 0.280 e. The number of hydrogen-bond acceptors (Lipinski definition) is 6. The molecule has 29 heavy (non-hydrogen) atoms. The van der Waals surface area contributed by atoms with Crippen molar-refractivity contribution in [3.05, 3.63) is 41.5 Å².